The smallest absolute Gasteiger partial charge is 0.194 e. The second-order valence-corrected chi connectivity index (χ2v) is 6.38. The van der Waals surface area contributed by atoms with Gasteiger partial charge in [-0.1, -0.05) is 0 Å². The van der Waals surface area contributed by atoms with Crippen LogP contribution in [-0.4, -0.2) is 20.0 Å². The number of methoxy groups -OCH3 is 2. The molecule has 2 rings (SSSR count). The zero-order valence-electron chi connectivity index (χ0n) is 9.90. The second kappa shape index (κ2) is 5.71. The molecule has 1 aromatic heterocycles. The van der Waals surface area contributed by atoms with Crippen molar-refractivity contribution in [3.05, 3.63) is 43.7 Å². The molecule has 0 radical (unpaired) electrons. The number of ketones is 1. The maximum atomic E-state index is 12.3. The number of hydrogen-bond acceptors (Lipinski definition) is 4. The van der Waals surface area contributed by atoms with Crippen LogP contribution in [0, 0.1) is 2.88 Å². The molecule has 3 nitrogen and oxygen atoms in total. The number of rotatable bonds is 4. The monoisotopic (exact) mass is 374 g/mol. The first-order chi connectivity index (χ1) is 8.63. The maximum Gasteiger partial charge on any atom is 0.194 e. The highest BCUT2D eigenvalue weighted by Crippen LogP contribution is 2.26. The normalized spacial score (nSPS) is 10.2. The van der Waals surface area contributed by atoms with Gasteiger partial charge in [0.25, 0.3) is 0 Å². The van der Waals surface area contributed by atoms with Crippen LogP contribution in [0.15, 0.2) is 29.6 Å². The van der Waals surface area contributed by atoms with E-state index < -0.39 is 0 Å². The molecule has 0 aliphatic rings. The highest BCUT2D eigenvalue weighted by molar-refractivity contribution is 14.1. The molecule has 1 heterocycles. The van der Waals surface area contributed by atoms with Gasteiger partial charge in [-0.2, -0.15) is 0 Å². The number of hydrogen-bond donors (Lipinski definition) is 0. The van der Waals surface area contributed by atoms with Gasteiger partial charge in [-0.05, 0) is 40.8 Å². The molecular weight excluding hydrogens is 363 g/mol. The third-order valence-corrected chi connectivity index (χ3v) is 4.23. The molecule has 2 aromatic rings. The van der Waals surface area contributed by atoms with Crippen molar-refractivity contribution in [1.29, 1.82) is 0 Å². The molecule has 0 aliphatic carbocycles. The quantitative estimate of drug-likeness (QED) is 0.606. The van der Waals surface area contributed by atoms with Crippen LogP contribution in [0.2, 0.25) is 0 Å². The Labute approximate surface area is 123 Å². The minimum atomic E-state index is -0.0219. The van der Waals surface area contributed by atoms with Crippen molar-refractivity contribution in [2.45, 2.75) is 0 Å². The lowest BCUT2D eigenvalue weighted by Crippen LogP contribution is -2.01. The van der Waals surface area contributed by atoms with Crippen LogP contribution >= 0.6 is 33.9 Å². The fraction of sp³-hybridized carbons (Fsp3) is 0.154. The highest BCUT2D eigenvalue weighted by Gasteiger charge is 2.13. The minimum absolute atomic E-state index is 0.0219. The lowest BCUT2D eigenvalue weighted by Gasteiger charge is -2.07. The Morgan fingerprint density at radius 2 is 1.67 bits per heavy atom. The van der Waals surface area contributed by atoms with Crippen molar-refractivity contribution >= 4 is 39.7 Å². The lowest BCUT2D eigenvalue weighted by atomic mass is 10.1. The van der Waals surface area contributed by atoms with E-state index in [0.29, 0.717) is 22.6 Å². The molecule has 0 spiro atoms. The number of ether oxygens (including phenoxy) is 2. The molecule has 18 heavy (non-hydrogen) atoms. The molecule has 0 saturated heterocycles. The first-order valence-electron chi connectivity index (χ1n) is 5.16. The van der Waals surface area contributed by atoms with Gasteiger partial charge in [0.15, 0.2) is 5.78 Å². The number of halogens is 1. The van der Waals surface area contributed by atoms with E-state index in [0.717, 1.165) is 2.88 Å². The van der Waals surface area contributed by atoms with Crippen LogP contribution in [0.25, 0.3) is 0 Å². The number of carbonyl (C=O) groups excluding carboxylic acids is 1. The lowest BCUT2D eigenvalue weighted by molar-refractivity contribution is 0.103. The average Bonchev–Trinajstić information content (AvgIpc) is 2.83. The van der Waals surface area contributed by atoms with E-state index in [9.17, 15) is 4.79 Å². The summed E-state index contributed by atoms with van der Waals surface area (Å²) in [6, 6.07) is 7.05. The van der Waals surface area contributed by atoms with Crippen LogP contribution < -0.4 is 9.47 Å². The van der Waals surface area contributed by atoms with Gasteiger partial charge in [0.2, 0.25) is 0 Å². The summed E-state index contributed by atoms with van der Waals surface area (Å²) < 4.78 is 11.4. The summed E-state index contributed by atoms with van der Waals surface area (Å²) in [5.74, 6) is 1.21. The Morgan fingerprint density at radius 3 is 2.11 bits per heavy atom. The zero-order chi connectivity index (χ0) is 13.1. The fourth-order valence-electron chi connectivity index (χ4n) is 1.53. The van der Waals surface area contributed by atoms with E-state index in [1.165, 1.54) is 0 Å². The first kappa shape index (κ1) is 13.4. The molecule has 0 fully saturated rings. The third kappa shape index (κ3) is 2.84. The topological polar surface area (TPSA) is 35.5 Å². The van der Waals surface area contributed by atoms with Gasteiger partial charge < -0.3 is 9.47 Å². The fourth-order valence-corrected chi connectivity index (χ4v) is 2.86. The van der Waals surface area contributed by atoms with E-state index in [-0.39, 0.29) is 5.78 Å². The van der Waals surface area contributed by atoms with Crippen LogP contribution in [0.4, 0.5) is 0 Å². The van der Waals surface area contributed by atoms with E-state index >= 15 is 0 Å². The van der Waals surface area contributed by atoms with E-state index in [1.54, 1.807) is 43.8 Å². The number of thiophene rings is 1. The predicted octanol–water partition coefficient (Wildman–Crippen LogP) is 3.60. The molecule has 0 saturated carbocycles. The number of benzene rings is 1. The summed E-state index contributed by atoms with van der Waals surface area (Å²) in [6.07, 6.45) is 0. The van der Waals surface area contributed by atoms with Gasteiger partial charge >= 0.3 is 0 Å². The van der Waals surface area contributed by atoms with E-state index in [1.807, 2.05) is 11.4 Å². The third-order valence-electron chi connectivity index (χ3n) is 2.44. The minimum Gasteiger partial charge on any atom is -0.497 e. The summed E-state index contributed by atoms with van der Waals surface area (Å²) in [6.45, 7) is 0. The Hall–Kier alpha value is -1.08. The molecule has 0 bridgehead atoms. The summed E-state index contributed by atoms with van der Waals surface area (Å²) in [5.41, 5.74) is 1.26. The van der Waals surface area contributed by atoms with Gasteiger partial charge in [0.05, 0.1) is 17.1 Å². The van der Waals surface area contributed by atoms with Crippen LogP contribution in [0.1, 0.15) is 15.9 Å². The summed E-state index contributed by atoms with van der Waals surface area (Å²) in [5, 5.41) is 1.86. The molecule has 1 aromatic carbocycles. The zero-order valence-corrected chi connectivity index (χ0v) is 12.9. The molecule has 0 unspecified atom stereocenters. The van der Waals surface area contributed by atoms with Gasteiger partial charge in [0.1, 0.15) is 11.5 Å². The van der Waals surface area contributed by atoms with Crippen LogP contribution in [0.5, 0.6) is 11.5 Å². The molecule has 0 N–H and O–H groups in total. The van der Waals surface area contributed by atoms with Crippen molar-refractivity contribution in [1.82, 2.24) is 0 Å². The second-order valence-electron chi connectivity index (χ2n) is 3.57. The summed E-state index contributed by atoms with van der Waals surface area (Å²) in [4.78, 5) is 12.3. The summed E-state index contributed by atoms with van der Waals surface area (Å²) in [7, 11) is 3.13. The molecule has 5 heteroatoms. The van der Waals surface area contributed by atoms with Crippen molar-refractivity contribution in [2.75, 3.05) is 14.2 Å². The van der Waals surface area contributed by atoms with Gasteiger partial charge in [-0.25, -0.2) is 0 Å². The average molecular weight is 374 g/mol. The van der Waals surface area contributed by atoms with E-state index in [2.05, 4.69) is 22.6 Å². The Morgan fingerprint density at radius 1 is 1.06 bits per heavy atom. The van der Waals surface area contributed by atoms with Crippen molar-refractivity contribution in [3.63, 3.8) is 0 Å². The van der Waals surface area contributed by atoms with Crippen molar-refractivity contribution in [3.8, 4) is 11.5 Å². The summed E-state index contributed by atoms with van der Waals surface area (Å²) >= 11 is 3.75. The number of carbonyl (C=O) groups is 1. The highest BCUT2D eigenvalue weighted by atomic mass is 127. The first-order valence-corrected chi connectivity index (χ1v) is 7.11. The van der Waals surface area contributed by atoms with E-state index in [4.69, 9.17) is 9.47 Å². The Balaban J connectivity index is 2.40. The molecule has 94 valence electrons. The molecule has 0 atom stereocenters. The molecular formula is C13H11IO3S. The van der Waals surface area contributed by atoms with Crippen LogP contribution in [0.3, 0.4) is 0 Å². The molecule has 0 amide bonds. The maximum absolute atomic E-state index is 12.3. The van der Waals surface area contributed by atoms with Crippen molar-refractivity contribution in [2.24, 2.45) is 0 Å². The van der Waals surface area contributed by atoms with Gasteiger partial charge in [-0.3, -0.25) is 4.79 Å². The predicted molar refractivity (Wildman–Crippen MR) is 80.0 cm³/mol. The molecule has 0 aliphatic heterocycles. The van der Waals surface area contributed by atoms with Gasteiger partial charge in [-0.15, -0.1) is 11.3 Å². The Bertz CT molecular complexity index is 555. The SMILES string of the molecule is COc1cc(OC)cc(C(=O)c2csc(I)c2)c1. The Kier molecular flexibility index (Phi) is 4.23. The largest absolute Gasteiger partial charge is 0.497 e. The van der Waals surface area contributed by atoms with Crippen LogP contribution in [-0.2, 0) is 0 Å². The standard InChI is InChI=1S/C13H11IO3S/c1-16-10-3-8(4-11(6-10)17-2)13(15)9-5-12(14)18-7-9/h3-7H,1-2H3. The van der Waals surface area contributed by atoms with Gasteiger partial charge in [0, 0.05) is 22.6 Å². The van der Waals surface area contributed by atoms with Crippen molar-refractivity contribution < 1.29 is 14.3 Å².